The first-order valence-electron chi connectivity index (χ1n) is 8.58. The van der Waals surface area contributed by atoms with Gasteiger partial charge < -0.3 is 16.0 Å². The number of unbranched alkanes of at least 4 members (excludes halogenated alkanes) is 1. The second-order valence-corrected chi connectivity index (χ2v) is 5.74. The van der Waals surface area contributed by atoms with Crippen molar-refractivity contribution in [3.63, 3.8) is 0 Å². The minimum Gasteiger partial charge on any atom is -0.370 e. The van der Waals surface area contributed by atoms with Gasteiger partial charge >= 0.3 is 0 Å². The zero-order valence-electron chi connectivity index (χ0n) is 14.1. The van der Waals surface area contributed by atoms with Gasteiger partial charge in [0.25, 0.3) is 0 Å². The van der Waals surface area contributed by atoms with E-state index >= 15 is 0 Å². The molecule has 0 amide bonds. The van der Waals surface area contributed by atoms with E-state index in [4.69, 9.17) is 0 Å². The number of aromatic nitrogens is 1. The molecule has 1 heterocycles. The second kappa shape index (κ2) is 12.4. The summed E-state index contributed by atoms with van der Waals surface area (Å²) < 4.78 is 0. The van der Waals surface area contributed by atoms with Crippen LogP contribution in [0.5, 0.6) is 0 Å². The fraction of sp³-hybridized carbons (Fsp3) is 0.647. The normalized spacial score (nSPS) is 15.1. The molecule has 1 aliphatic rings. The Bertz CT molecular complexity index is 432. The molecule has 0 saturated heterocycles. The largest absolute Gasteiger partial charge is 0.370 e. The van der Waals surface area contributed by atoms with Crippen molar-refractivity contribution in [3.8, 4) is 0 Å². The van der Waals surface area contributed by atoms with Gasteiger partial charge in [0, 0.05) is 31.9 Å². The van der Waals surface area contributed by atoms with Crippen molar-refractivity contribution in [2.45, 2.75) is 51.5 Å². The van der Waals surface area contributed by atoms with Gasteiger partial charge in [-0.3, -0.25) is 4.99 Å². The van der Waals surface area contributed by atoms with E-state index in [1.165, 1.54) is 25.7 Å². The molecule has 130 valence electrons. The minimum atomic E-state index is 0. The predicted octanol–water partition coefficient (Wildman–Crippen LogP) is 3.39. The van der Waals surface area contributed by atoms with Crippen LogP contribution in [0.25, 0.3) is 0 Å². The summed E-state index contributed by atoms with van der Waals surface area (Å²) in [6.07, 6.45) is 9.23. The van der Waals surface area contributed by atoms with Crippen LogP contribution >= 0.6 is 24.0 Å². The van der Waals surface area contributed by atoms with Gasteiger partial charge in [-0.2, -0.15) is 0 Å². The molecule has 0 spiro atoms. The van der Waals surface area contributed by atoms with Gasteiger partial charge in [0.1, 0.15) is 5.82 Å². The number of hydrogen-bond donors (Lipinski definition) is 3. The van der Waals surface area contributed by atoms with E-state index in [0.29, 0.717) is 6.04 Å². The first-order valence-corrected chi connectivity index (χ1v) is 8.58. The van der Waals surface area contributed by atoms with Gasteiger partial charge in [-0.15, -0.1) is 24.0 Å². The topological polar surface area (TPSA) is 61.3 Å². The molecule has 0 aliphatic heterocycles. The van der Waals surface area contributed by atoms with E-state index in [9.17, 15) is 0 Å². The Kier molecular flexibility index (Phi) is 10.8. The smallest absolute Gasteiger partial charge is 0.191 e. The molecule has 2 rings (SSSR count). The van der Waals surface area contributed by atoms with Gasteiger partial charge in [-0.1, -0.05) is 18.9 Å². The number of nitrogens with one attached hydrogen (secondary N) is 3. The van der Waals surface area contributed by atoms with Crippen LogP contribution in [0.3, 0.4) is 0 Å². The highest BCUT2D eigenvalue weighted by Gasteiger charge is 2.15. The molecule has 6 heteroatoms. The summed E-state index contributed by atoms with van der Waals surface area (Å²) >= 11 is 0. The van der Waals surface area contributed by atoms with Crippen molar-refractivity contribution >= 4 is 35.8 Å². The van der Waals surface area contributed by atoms with Gasteiger partial charge in [0.05, 0.1) is 0 Å². The number of aliphatic imine (C=N–C) groups is 1. The number of halogens is 1. The summed E-state index contributed by atoms with van der Waals surface area (Å²) in [6.45, 7) is 4.84. The van der Waals surface area contributed by atoms with E-state index in [1.807, 2.05) is 24.4 Å². The molecule has 1 saturated carbocycles. The van der Waals surface area contributed by atoms with E-state index in [1.54, 1.807) is 0 Å². The zero-order valence-corrected chi connectivity index (χ0v) is 16.4. The average molecular weight is 431 g/mol. The molecule has 0 radical (unpaired) electrons. The SMILES string of the molecule is CCNC(=NCCCCNc1ccccn1)NC1CCCC1.I. The minimum absolute atomic E-state index is 0. The average Bonchev–Trinajstić information content (AvgIpc) is 3.05. The predicted molar refractivity (Wildman–Crippen MR) is 109 cm³/mol. The molecule has 3 N–H and O–H groups in total. The quantitative estimate of drug-likeness (QED) is 0.256. The van der Waals surface area contributed by atoms with Crippen molar-refractivity contribution in [1.82, 2.24) is 15.6 Å². The molecule has 1 aromatic rings. The Hall–Kier alpha value is -1.05. The number of anilines is 1. The van der Waals surface area contributed by atoms with Crippen LogP contribution in [0.4, 0.5) is 5.82 Å². The van der Waals surface area contributed by atoms with Crippen molar-refractivity contribution in [2.75, 3.05) is 25.0 Å². The molecule has 0 unspecified atom stereocenters. The van der Waals surface area contributed by atoms with Crippen molar-refractivity contribution in [2.24, 2.45) is 4.99 Å². The van der Waals surface area contributed by atoms with Crippen LogP contribution in [-0.4, -0.2) is 36.6 Å². The molecule has 0 bridgehead atoms. The van der Waals surface area contributed by atoms with Crippen LogP contribution < -0.4 is 16.0 Å². The van der Waals surface area contributed by atoms with Gasteiger partial charge in [0.2, 0.25) is 0 Å². The fourth-order valence-electron chi connectivity index (χ4n) is 2.69. The Morgan fingerprint density at radius 2 is 2.09 bits per heavy atom. The molecule has 5 nitrogen and oxygen atoms in total. The third-order valence-corrected chi connectivity index (χ3v) is 3.87. The summed E-state index contributed by atoms with van der Waals surface area (Å²) in [5.41, 5.74) is 0. The Balaban J connectivity index is 0.00000264. The number of nitrogens with zero attached hydrogens (tertiary/aromatic N) is 2. The molecule has 0 atom stereocenters. The molecule has 0 aromatic carbocycles. The van der Waals surface area contributed by atoms with Crippen LogP contribution in [0.15, 0.2) is 29.4 Å². The first-order chi connectivity index (χ1) is 10.9. The highest BCUT2D eigenvalue weighted by atomic mass is 127. The lowest BCUT2D eigenvalue weighted by Gasteiger charge is -2.16. The molecular weight excluding hydrogens is 401 g/mol. The molecule has 1 aliphatic carbocycles. The molecule has 1 fully saturated rings. The number of hydrogen-bond acceptors (Lipinski definition) is 3. The van der Waals surface area contributed by atoms with E-state index < -0.39 is 0 Å². The highest BCUT2D eigenvalue weighted by molar-refractivity contribution is 14.0. The standard InChI is InChI=1S/C17H29N5.HI/c1-2-18-17(22-15-9-3-4-10-15)21-14-8-7-13-20-16-11-5-6-12-19-16;/h5-6,11-12,15H,2-4,7-10,13-14H2,1H3,(H,19,20)(H2,18,21,22);1H. The van der Waals surface area contributed by atoms with Crippen LogP contribution in [0.1, 0.15) is 45.4 Å². The summed E-state index contributed by atoms with van der Waals surface area (Å²) in [7, 11) is 0. The van der Waals surface area contributed by atoms with E-state index in [-0.39, 0.29) is 24.0 Å². The van der Waals surface area contributed by atoms with Crippen molar-refractivity contribution in [1.29, 1.82) is 0 Å². The maximum Gasteiger partial charge on any atom is 0.191 e. The summed E-state index contributed by atoms with van der Waals surface area (Å²) in [4.78, 5) is 8.92. The fourth-order valence-corrected chi connectivity index (χ4v) is 2.69. The number of rotatable bonds is 8. The highest BCUT2D eigenvalue weighted by Crippen LogP contribution is 2.17. The number of pyridine rings is 1. The van der Waals surface area contributed by atoms with Crippen LogP contribution in [-0.2, 0) is 0 Å². The number of guanidine groups is 1. The zero-order chi connectivity index (χ0) is 15.5. The van der Waals surface area contributed by atoms with E-state index in [2.05, 4.69) is 32.9 Å². The van der Waals surface area contributed by atoms with Crippen molar-refractivity contribution in [3.05, 3.63) is 24.4 Å². The van der Waals surface area contributed by atoms with Gasteiger partial charge in [-0.05, 0) is 44.7 Å². The Morgan fingerprint density at radius 3 is 2.78 bits per heavy atom. The molecule has 1 aromatic heterocycles. The summed E-state index contributed by atoms with van der Waals surface area (Å²) in [5.74, 6) is 1.93. The van der Waals surface area contributed by atoms with Crippen molar-refractivity contribution < 1.29 is 0 Å². The lowest BCUT2D eigenvalue weighted by molar-refractivity contribution is 0.612. The van der Waals surface area contributed by atoms with Gasteiger partial charge in [0.15, 0.2) is 5.96 Å². The molecular formula is C17H30IN5. The second-order valence-electron chi connectivity index (χ2n) is 5.74. The third kappa shape index (κ3) is 8.39. The summed E-state index contributed by atoms with van der Waals surface area (Å²) in [5, 5.41) is 10.2. The Labute approximate surface area is 157 Å². The maximum atomic E-state index is 4.67. The van der Waals surface area contributed by atoms with Gasteiger partial charge in [-0.25, -0.2) is 4.98 Å². The lowest BCUT2D eigenvalue weighted by atomic mass is 10.2. The monoisotopic (exact) mass is 431 g/mol. The first kappa shape index (κ1) is 20.0. The van der Waals surface area contributed by atoms with E-state index in [0.717, 1.165) is 44.3 Å². The summed E-state index contributed by atoms with van der Waals surface area (Å²) in [6, 6.07) is 6.53. The van der Waals surface area contributed by atoms with Crippen LogP contribution in [0.2, 0.25) is 0 Å². The van der Waals surface area contributed by atoms with Crippen LogP contribution in [0, 0.1) is 0 Å². The third-order valence-electron chi connectivity index (χ3n) is 3.87. The lowest BCUT2D eigenvalue weighted by Crippen LogP contribution is -2.42. The Morgan fingerprint density at radius 1 is 1.26 bits per heavy atom. The molecule has 23 heavy (non-hydrogen) atoms. The maximum absolute atomic E-state index is 4.67.